The average Bonchev–Trinajstić information content (AvgIpc) is 2.77. The smallest absolute Gasteiger partial charge is 0.244 e. The van der Waals surface area contributed by atoms with Crippen molar-refractivity contribution in [2.24, 2.45) is 0 Å². The van der Waals surface area contributed by atoms with E-state index in [0.29, 0.717) is 39.6 Å². The van der Waals surface area contributed by atoms with Crippen LogP contribution in [0.4, 0.5) is 11.4 Å². The van der Waals surface area contributed by atoms with Crippen LogP contribution in [0.2, 0.25) is 0 Å². The zero-order valence-electron chi connectivity index (χ0n) is 16.5. The molecule has 0 spiro atoms. The number of anilines is 2. The van der Waals surface area contributed by atoms with Gasteiger partial charge in [-0.1, -0.05) is 37.3 Å². The van der Waals surface area contributed by atoms with Crippen LogP contribution in [0.1, 0.15) is 13.3 Å². The Labute approximate surface area is 173 Å². The van der Waals surface area contributed by atoms with E-state index in [-0.39, 0.29) is 23.8 Å². The van der Waals surface area contributed by atoms with Gasteiger partial charge in [-0.25, -0.2) is 0 Å². The van der Waals surface area contributed by atoms with E-state index in [4.69, 9.17) is 0 Å². The van der Waals surface area contributed by atoms with E-state index in [1.165, 1.54) is 0 Å². The highest BCUT2D eigenvalue weighted by Gasteiger charge is 2.13. The van der Waals surface area contributed by atoms with Crippen molar-refractivity contribution >= 4 is 45.0 Å². The van der Waals surface area contributed by atoms with Gasteiger partial charge in [-0.05, 0) is 42.5 Å². The minimum atomic E-state index is -0.229. The third-order valence-corrected chi connectivity index (χ3v) is 4.93. The summed E-state index contributed by atoms with van der Waals surface area (Å²) in [4.78, 5) is 37.3. The molecule has 2 N–H and O–H groups in total. The SMILES string of the molecule is CCC(=O)Nc1cccc(NC(=O)Cn2c3ccccc3c(=O)c3ccccc32)c1. The number of carbonyl (C=O) groups excluding carboxylic acids is 2. The molecule has 0 saturated carbocycles. The van der Waals surface area contributed by atoms with Crippen molar-refractivity contribution < 1.29 is 9.59 Å². The molecule has 0 aliphatic carbocycles. The van der Waals surface area contributed by atoms with Crippen molar-refractivity contribution in [1.82, 2.24) is 4.57 Å². The van der Waals surface area contributed by atoms with Crippen LogP contribution < -0.4 is 16.1 Å². The van der Waals surface area contributed by atoms with E-state index >= 15 is 0 Å². The molecule has 0 aliphatic rings. The van der Waals surface area contributed by atoms with Gasteiger partial charge in [-0.2, -0.15) is 0 Å². The lowest BCUT2D eigenvalue weighted by atomic mass is 10.1. The van der Waals surface area contributed by atoms with Crippen molar-refractivity contribution in [1.29, 1.82) is 0 Å². The quantitative estimate of drug-likeness (QED) is 0.495. The van der Waals surface area contributed by atoms with Gasteiger partial charge in [0.25, 0.3) is 0 Å². The van der Waals surface area contributed by atoms with E-state index in [1.807, 2.05) is 41.0 Å². The van der Waals surface area contributed by atoms with Crippen LogP contribution in [0.25, 0.3) is 21.8 Å². The first-order valence-corrected chi connectivity index (χ1v) is 9.77. The second-order valence-corrected chi connectivity index (χ2v) is 6.98. The molecule has 1 heterocycles. The van der Waals surface area contributed by atoms with Crippen molar-refractivity contribution in [3.63, 3.8) is 0 Å². The standard InChI is InChI=1S/C24H21N3O3/c1-2-22(28)25-16-8-7-9-17(14-16)26-23(29)15-27-20-12-5-3-10-18(20)24(30)19-11-4-6-13-21(19)27/h3-14H,2,15H2,1H3,(H,25,28)(H,26,29). The summed E-state index contributed by atoms with van der Waals surface area (Å²) in [5, 5.41) is 6.81. The molecule has 30 heavy (non-hydrogen) atoms. The molecular weight excluding hydrogens is 378 g/mol. The summed E-state index contributed by atoms with van der Waals surface area (Å²) < 4.78 is 1.85. The number of aromatic nitrogens is 1. The van der Waals surface area contributed by atoms with Crippen LogP contribution in [0.3, 0.4) is 0 Å². The Morgan fingerprint density at radius 2 is 1.30 bits per heavy atom. The molecule has 0 fully saturated rings. The minimum Gasteiger partial charge on any atom is -0.331 e. The van der Waals surface area contributed by atoms with E-state index in [1.54, 1.807) is 43.3 Å². The molecule has 0 saturated heterocycles. The Kier molecular flexibility index (Phi) is 5.30. The van der Waals surface area contributed by atoms with Crippen molar-refractivity contribution in [3.05, 3.63) is 83.0 Å². The van der Waals surface area contributed by atoms with Gasteiger partial charge >= 0.3 is 0 Å². The second kappa shape index (κ2) is 8.21. The summed E-state index contributed by atoms with van der Waals surface area (Å²) in [6.45, 7) is 1.83. The molecule has 0 atom stereocenters. The Morgan fingerprint density at radius 1 is 0.767 bits per heavy atom. The Morgan fingerprint density at radius 3 is 1.87 bits per heavy atom. The van der Waals surface area contributed by atoms with Crippen LogP contribution >= 0.6 is 0 Å². The predicted molar refractivity (Wildman–Crippen MR) is 120 cm³/mol. The van der Waals surface area contributed by atoms with Gasteiger partial charge in [0.1, 0.15) is 6.54 Å². The number of fused-ring (bicyclic) bond motifs is 2. The first kappa shape index (κ1) is 19.4. The lowest BCUT2D eigenvalue weighted by molar-refractivity contribution is -0.117. The Balaban J connectivity index is 1.67. The van der Waals surface area contributed by atoms with Gasteiger partial charge in [-0.15, -0.1) is 0 Å². The summed E-state index contributed by atoms with van der Waals surface area (Å²) in [7, 11) is 0. The van der Waals surface area contributed by atoms with Crippen LogP contribution in [0.15, 0.2) is 77.6 Å². The van der Waals surface area contributed by atoms with Gasteiger partial charge < -0.3 is 15.2 Å². The average molecular weight is 399 g/mol. The molecule has 1 aromatic heterocycles. The van der Waals surface area contributed by atoms with Gasteiger partial charge in [0.2, 0.25) is 11.8 Å². The normalized spacial score (nSPS) is 10.8. The zero-order chi connectivity index (χ0) is 21.1. The molecule has 2 amide bonds. The molecule has 0 unspecified atom stereocenters. The first-order valence-electron chi connectivity index (χ1n) is 9.77. The number of rotatable bonds is 5. The number of nitrogens with zero attached hydrogens (tertiary/aromatic N) is 1. The number of hydrogen-bond acceptors (Lipinski definition) is 3. The molecule has 6 heteroatoms. The molecule has 0 bridgehead atoms. The van der Waals surface area contributed by atoms with E-state index < -0.39 is 0 Å². The number of para-hydroxylation sites is 2. The second-order valence-electron chi connectivity index (χ2n) is 6.98. The fourth-order valence-corrected chi connectivity index (χ4v) is 3.52. The number of carbonyl (C=O) groups is 2. The highest BCUT2D eigenvalue weighted by Crippen LogP contribution is 2.20. The maximum absolute atomic E-state index is 12.8. The largest absolute Gasteiger partial charge is 0.331 e. The summed E-state index contributed by atoms with van der Waals surface area (Å²) in [6, 6.07) is 21.6. The fraction of sp³-hybridized carbons (Fsp3) is 0.125. The molecule has 4 rings (SSSR count). The lowest BCUT2D eigenvalue weighted by Gasteiger charge is -2.15. The topological polar surface area (TPSA) is 80.2 Å². The molecular formula is C24H21N3O3. The van der Waals surface area contributed by atoms with E-state index in [9.17, 15) is 14.4 Å². The van der Waals surface area contributed by atoms with E-state index in [0.717, 1.165) is 0 Å². The fourth-order valence-electron chi connectivity index (χ4n) is 3.52. The van der Waals surface area contributed by atoms with Crippen molar-refractivity contribution in [2.75, 3.05) is 10.6 Å². The summed E-state index contributed by atoms with van der Waals surface area (Å²) in [5.74, 6) is -0.322. The van der Waals surface area contributed by atoms with Gasteiger partial charge in [0.15, 0.2) is 5.43 Å². The van der Waals surface area contributed by atoms with Crippen molar-refractivity contribution in [3.8, 4) is 0 Å². The molecule has 4 aromatic rings. The molecule has 150 valence electrons. The zero-order valence-corrected chi connectivity index (χ0v) is 16.5. The number of benzene rings is 3. The third-order valence-electron chi connectivity index (χ3n) is 4.93. The minimum absolute atomic E-state index is 0.0442. The van der Waals surface area contributed by atoms with Gasteiger partial charge in [-0.3, -0.25) is 14.4 Å². The maximum atomic E-state index is 12.8. The number of nitrogens with one attached hydrogen (secondary N) is 2. The van der Waals surface area contributed by atoms with Crippen LogP contribution in [-0.2, 0) is 16.1 Å². The van der Waals surface area contributed by atoms with Crippen LogP contribution in [-0.4, -0.2) is 16.4 Å². The van der Waals surface area contributed by atoms with Gasteiger partial charge in [0, 0.05) is 28.6 Å². The monoisotopic (exact) mass is 399 g/mol. The number of pyridine rings is 1. The van der Waals surface area contributed by atoms with Crippen LogP contribution in [0.5, 0.6) is 0 Å². The molecule has 3 aromatic carbocycles. The highest BCUT2D eigenvalue weighted by atomic mass is 16.2. The highest BCUT2D eigenvalue weighted by molar-refractivity contribution is 5.98. The molecule has 6 nitrogen and oxygen atoms in total. The Hall–Kier alpha value is -3.93. The Bertz CT molecular complexity index is 1260. The summed E-state index contributed by atoms with van der Waals surface area (Å²) >= 11 is 0. The summed E-state index contributed by atoms with van der Waals surface area (Å²) in [5.41, 5.74) is 2.58. The lowest BCUT2D eigenvalue weighted by Crippen LogP contribution is -2.21. The van der Waals surface area contributed by atoms with E-state index in [2.05, 4.69) is 10.6 Å². The predicted octanol–water partition coefficient (Wildman–Crippen LogP) is 4.14. The third kappa shape index (κ3) is 3.80. The maximum Gasteiger partial charge on any atom is 0.244 e. The van der Waals surface area contributed by atoms with Crippen molar-refractivity contribution in [2.45, 2.75) is 19.9 Å². The van der Waals surface area contributed by atoms with Gasteiger partial charge in [0.05, 0.1) is 11.0 Å². The van der Waals surface area contributed by atoms with Crippen LogP contribution in [0, 0.1) is 0 Å². The molecule has 0 aliphatic heterocycles. The number of amides is 2. The number of hydrogen-bond donors (Lipinski definition) is 2. The first-order chi connectivity index (χ1) is 14.6. The summed E-state index contributed by atoms with van der Waals surface area (Å²) in [6.07, 6.45) is 0.378. The molecule has 0 radical (unpaired) electrons.